The lowest BCUT2D eigenvalue weighted by Gasteiger charge is -2.11. The molecule has 0 fully saturated rings. The van der Waals surface area contributed by atoms with Crippen LogP contribution in [0.15, 0.2) is 29.2 Å². The zero-order valence-electron chi connectivity index (χ0n) is 10.7. The zero-order chi connectivity index (χ0) is 13.6. The third-order valence-corrected chi connectivity index (χ3v) is 4.32. The lowest BCUT2D eigenvalue weighted by molar-refractivity contribution is 0.270. The summed E-state index contributed by atoms with van der Waals surface area (Å²) in [4.78, 5) is 0.147. The number of unbranched alkanes of at least 4 members (excludes halogenated alkanes) is 2. The summed E-state index contributed by atoms with van der Waals surface area (Å²) in [6.07, 6.45) is 3.50. The first-order valence-corrected chi connectivity index (χ1v) is 7.94. The van der Waals surface area contributed by atoms with Crippen molar-refractivity contribution in [2.24, 2.45) is 0 Å². The normalized spacial score (nSPS) is 13.5. The number of alkyl halides is 1. The van der Waals surface area contributed by atoms with Crippen molar-refractivity contribution >= 4 is 21.7 Å². The molecule has 0 saturated carbocycles. The van der Waals surface area contributed by atoms with Gasteiger partial charge in [0.1, 0.15) is 0 Å². The molecule has 0 bridgehead atoms. The second-order valence-corrected chi connectivity index (χ2v) is 6.33. The summed E-state index contributed by atoms with van der Waals surface area (Å²) in [6, 6.07) is 6.52. The Bertz CT molecular complexity index is 454. The van der Waals surface area contributed by atoms with Crippen molar-refractivity contribution in [3.8, 4) is 0 Å². The van der Waals surface area contributed by atoms with Gasteiger partial charge in [-0.15, -0.1) is 0 Å². The van der Waals surface area contributed by atoms with Gasteiger partial charge in [0.05, 0.1) is 4.90 Å². The van der Waals surface area contributed by atoms with Gasteiger partial charge in [-0.05, 0) is 31.9 Å². The smallest absolute Gasteiger partial charge is 0.247 e. The minimum absolute atomic E-state index is 0.147. The van der Waals surface area contributed by atoms with Gasteiger partial charge in [0.2, 0.25) is 0 Å². The molecule has 0 saturated heterocycles. The number of benzene rings is 1. The third kappa shape index (κ3) is 4.96. The molecule has 1 unspecified atom stereocenters. The molecule has 1 aromatic rings. The summed E-state index contributed by atoms with van der Waals surface area (Å²) in [5, 5.41) is 0. The Kier molecular flexibility index (Phi) is 6.12. The van der Waals surface area contributed by atoms with E-state index in [-0.39, 0.29) is 4.90 Å². The fraction of sp³-hybridized carbons (Fsp3) is 0.538. The summed E-state index contributed by atoms with van der Waals surface area (Å²) in [5.41, 5.74) is 0.210. The minimum atomic E-state index is -3.75. The lowest BCUT2D eigenvalue weighted by Crippen LogP contribution is -2.13. The van der Waals surface area contributed by atoms with Gasteiger partial charge in [0.15, 0.2) is 5.56 Å². The van der Waals surface area contributed by atoms with Crippen LogP contribution in [0.2, 0.25) is 0 Å². The van der Waals surface area contributed by atoms with E-state index in [0.717, 1.165) is 24.8 Å². The summed E-state index contributed by atoms with van der Waals surface area (Å²) in [7, 11) is -3.75. The third-order valence-electron chi connectivity index (χ3n) is 2.58. The fourth-order valence-corrected chi connectivity index (χ4v) is 2.89. The molecule has 1 aromatic carbocycles. The average Bonchev–Trinajstić information content (AvgIpc) is 2.29. The second-order valence-electron chi connectivity index (χ2n) is 4.27. The molecule has 0 aliphatic heterocycles. The highest BCUT2D eigenvalue weighted by Crippen LogP contribution is 2.19. The van der Waals surface area contributed by atoms with Crippen LogP contribution < -0.4 is 0 Å². The number of aryl methyl sites for hydroxylation is 1. The summed E-state index contributed by atoms with van der Waals surface area (Å²) < 4.78 is 28.7. The predicted molar refractivity (Wildman–Crippen MR) is 73.2 cm³/mol. The standard InChI is InChI=1S/C13H19ClO3S/c1-3-4-5-6-13(14)17-18(15,16)12-9-7-11(2)8-10-12/h7-10,13H,3-6H2,1-2H3. The van der Waals surface area contributed by atoms with Gasteiger partial charge in [-0.3, -0.25) is 0 Å². The Morgan fingerprint density at radius 3 is 2.39 bits per heavy atom. The maximum Gasteiger partial charge on any atom is 0.298 e. The number of hydrogen-bond acceptors (Lipinski definition) is 3. The van der Waals surface area contributed by atoms with Crippen molar-refractivity contribution in [3.63, 3.8) is 0 Å². The second kappa shape index (κ2) is 7.12. The van der Waals surface area contributed by atoms with Gasteiger partial charge in [0, 0.05) is 0 Å². The molecule has 0 aliphatic carbocycles. The van der Waals surface area contributed by atoms with Crippen LogP contribution in [0.5, 0.6) is 0 Å². The highest BCUT2D eigenvalue weighted by atomic mass is 35.5. The summed E-state index contributed by atoms with van der Waals surface area (Å²) >= 11 is 5.88. The molecular formula is C13H19ClO3S. The van der Waals surface area contributed by atoms with E-state index in [0.29, 0.717) is 6.42 Å². The van der Waals surface area contributed by atoms with E-state index in [1.165, 1.54) is 12.1 Å². The Hall–Kier alpha value is -0.580. The maximum atomic E-state index is 11.9. The van der Waals surface area contributed by atoms with E-state index < -0.39 is 15.7 Å². The number of halogens is 1. The Balaban J connectivity index is 2.61. The molecule has 5 heteroatoms. The zero-order valence-corrected chi connectivity index (χ0v) is 12.3. The molecule has 3 nitrogen and oxygen atoms in total. The topological polar surface area (TPSA) is 43.4 Å². The molecule has 0 N–H and O–H groups in total. The molecular weight excluding hydrogens is 272 g/mol. The van der Waals surface area contributed by atoms with E-state index in [9.17, 15) is 8.42 Å². The molecule has 18 heavy (non-hydrogen) atoms. The largest absolute Gasteiger partial charge is 0.298 e. The van der Waals surface area contributed by atoms with Gasteiger partial charge in [-0.2, -0.15) is 8.42 Å². The predicted octanol–water partition coefficient (Wildman–Crippen LogP) is 3.85. The van der Waals surface area contributed by atoms with Crippen LogP contribution in [0.4, 0.5) is 0 Å². The maximum absolute atomic E-state index is 11.9. The van der Waals surface area contributed by atoms with Gasteiger partial charge in [-0.1, -0.05) is 49.1 Å². The minimum Gasteiger partial charge on any atom is -0.247 e. The van der Waals surface area contributed by atoms with Crippen LogP contribution in [0.25, 0.3) is 0 Å². The summed E-state index contributed by atoms with van der Waals surface area (Å²) in [5.74, 6) is 0. The average molecular weight is 291 g/mol. The molecule has 0 radical (unpaired) electrons. The summed E-state index contributed by atoms with van der Waals surface area (Å²) in [6.45, 7) is 3.97. The van der Waals surface area contributed by atoms with Crippen LogP contribution in [-0.2, 0) is 14.3 Å². The highest BCUT2D eigenvalue weighted by Gasteiger charge is 2.19. The van der Waals surface area contributed by atoms with Crippen LogP contribution in [0, 0.1) is 6.92 Å². The van der Waals surface area contributed by atoms with Gasteiger partial charge < -0.3 is 0 Å². The van der Waals surface area contributed by atoms with Gasteiger partial charge in [-0.25, -0.2) is 4.18 Å². The monoisotopic (exact) mass is 290 g/mol. The molecule has 0 aromatic heterocycles. The van der Waals surface area contributed by atoms with Crippen molar-refractivity contribution in [2.75, 3.05) is 0 Å². The van der Waals surface area contributed by atoms with Crippen LogP contribution in [0.1, 0.15) is 38.2 Å². The molecule has 0 aliphatic rings. The van der Waals surface area contributed by atoms with E-state index in [1.54, 1.807) is 12.1 Å². The first-order valence-electron chi connectivity index (χ1n) is 6.09. The van der Waals surface area contributed by atoms with Crippen molar-refractivity contribution < 1.29 is 12.6 Å². The van der Waals surface area contributed by atoms with Crippen LogP contribution in [0.3, 0.4) is 0 Å². The van der Waals surface area contributed by atoms with E-state index in [1.807, 2.05) is 6.92 Å². The van der Waals surface area contributed by atoms with E-state index in [2.05, 4.69) is 6.92 Å². The lowest BCUT2D eigenvalue weighted by atomic mass is 10.2. The quantitative estimate of drug-likeness (QED) is 0.435. The Labute approximate surface area is 114 Å². The Morgan fingerprint density at radius 1 is 1.22 bits per heavy atom. The van der Waals surface area contributed by atoms with Gasteiger partial charge in [0.25, 0.3) is 10.1 Å². The van der Waals surface area contributed by atoms with Crippen molar-refractivity contribution in [1.29, 1.82) is 0 Å². The first-order chi connectivity index (χ1) is 8.45. The molecule has 0 heterocycles. The molecule has 0 amide bonds. The van der Waals surface area contributed by atoms with Gasteiger partial charge >= 0.3 is 0 Å². The van der Waals surface area contributed by atoms with Crippen molar-refractivity contribution in [2.45, 2.75) is 50.0 Å². The highest BCUT2D eigenvalue weighted by molar-refractivity contribution is 7.86. The van der Waals surface area contributed by atoms with Crippen molar-refractivity contribution in [3.05, 3.63) is 29.8 Å². The van der Waals surface area contributed by atoms with Crippen molar-refractivity contribution in [1.82, 2.24) is 0 Å². The first kappa shape index (κ1) is 15.5. The van der Waals surface area contributed by atoms with Crippen LogP contribution in [-0.4, -0.2) is 14.0 Å². The molecule has 1 atom stereocenters. The number of rotatable bonds is 7. The Morgan fingerprint density at radius 2 is 1.83 bits per heavy atom. The van der Waals surface area contributed by atoms with E-state index in [4.69, 9.17) is 15.8 Å². The van der Waals surface area contributed by atoms with E-state index >= 15 is 0 Å². The number of hydrogen-bond donors (Lipinski definition) is 0. The molecule has 0 spiro atoms. The SMILES string of the molecule is CCCCCC(Cl)OS(=O)(=O)c1ccc(C)cc1. The molecule has 1 rings (SSSR count). The fourth-order valence-electron chi connectivity index (χ4n) is 1.50. The molecule has 102 valence electrons. The van der Waals surface area contributed by atoms with Crippen LogP contribution >= 0.6 is 11.6 Å².